The lowest BCUT2D eigenvalue weighted by molar-refractivity contribution is 0.0702. The van der Waals surface area contributed by atoms with Gasteiger partial charge in [-0.1, -0.05) is 20.3 Å². The van der Waals surface area contributed by atoms with E-state index in [0.29, 0.717) is 17.4 Å². The van der Waals surface area contributed by atoms with Gasteiger partial charge in [-0.15, -0.1) is 11.3 Å². The maximum atomic E-state index is 10.7. The van der Waals surface area contributed by atoms with Crippen LogP contribution in [0.5, 0.6) is 0 Å². The Labute approximate surface area is 100 Å². The van der Waals surface area contributed by atoms with Crippen molar-refractivity contribution in [1.29, 1.82) is 0 Å². The van der Waals surface area contributed by atoms with E-state index in [1.54, 1.807) is 6.07 Å². The van der Waals surface area contributed by atoms with Gasteiger partial charge in [0, 0.05) is 11.5 Å². The standard InChI is InChI=1S/C12H18O3S/c1-3-4-9(2)7-15-8-10-5-6-11(16-10)12(13)14/h5-6,9H,3-4,7-8H2,1-2H3,(H,13,14). The van der Waals surface area contributed by atoms with Crippen molar-refractivity contribution < 1.29 is 14.6 Å². The predicted molar refractivity (Wildman–Crippen MR) is 65.0 cm³/mol. The molecule has 16 heavy (non-hydrogen) atoms. The van der Waals surface area contributed by atoms with Gasteiger partial charge in [0.15, 0.2) is 0 Å². The summed E-state index contributed by atoms with van der Waals surface area (Å²) in [7, 11) is 0. The normalized spacial score (nSPS) is 12.6. The lowest BCUT2D eigenvalue weighted by Crippen LogP contribution is -2.04. The molecule has 0 amide bonds. The molecule has 0 aliphatic carbocycles. The molecule has 0 spiro atoms. The summed E-state index contributed by atoms with van der Waals surface area (Å²) < 4.78 is 5.54. The van der Waals surface area contributed by atoms with E-state index in [9.17, 15) is 4.79 Å². The molecular formula is C12H18O3S. The van der Waals surface area contributed by atoms with Gasteiger partial charge in [-0.05, 0) is 24.5 Å². The second-order valence-corrected chi connectivity index (χ2v) is 5.15. The maximum Gasteiger partial charge on any atom is 0.345 e. The molecule has 0 fully saturated rings. The Morgan fingerprint density at radius 3 is 2.88 bits per heavy atom. The molecule has 0 aliphatic heterocycles. The van der Waals surface area contributed by atoms with Gasteiger partial charge in [-0.25, -0.2) is 4.79 Å². The highest BCUT2D eigenvalue weighted by atomic mass is 32.1. The van der Waals surface area contributed by atoms with Gasteiger partial charge < -0.3 is 9.84 Å². The fourth-order valence-electron chi connectivity index (χ4n) is 1.51. The molecule has 1 aromatic rings. The molecule has 1 N–H and O–H groups in total. The third kappa shape index (κ3) is 4.33. The van der Waals surface area contributed by atoms with Crippen LogP contribution in [0, 0.1) is 5.92 Å². The molecule has 0 bridgehead atoms. The number of ether oxygens (including phenoxy) is 1. The molecule has 1 atom stereocenters. The van der Waals surface area contributed by atoms with Gasteiger partial charge in [-0.3, -0.25) is 0 Å². The van der Waals surface area contributed by atoms with Gasteiger partial charge in [0.25, 0.3) is 0 Å². The Hall–Kier alpha value is -0.870. The van der Waals surface area contributed by atoms with Crippen molar-refractivity contribution in [3.05, 3.63) is 21.9 Å². The topological polar surface area (TPSA) is 46.5 Å². The van der Waals surface area contributed by atoms with E-state index < -0.39 is 5.97 Å². The van der Waals surface area contributed by atoms with Crippen molar-refractivity contribution in [2.24, 2.45) is 5.92 Å². The first-order chi connectivity index (χ1) is 7.63. The molecule has 0 aliphatic rings. The number of carboxylic acids is 1. The first-order valence-corrected chi connectivity index (χ1v) is 6.35. The zero-order valence-corrected chi connectivity index (χ0v) is 10.5. The SMILES string of the molecule is CCCC(C)COCc1ccc(C(=O)O)s1. The highest BCUT2D eigenvalue weighted by molar-refractivity contribution is 7.13. The Morgan fingerprint density at radius 2 is 2.31 bits per heavy atom. The summed E-state index contributed by atoms with van der Waals surface area (Å²) in [6.45, 7) is 5.59. The minimum Gasteiger partial charge on any atom is -0.477 e. The Balaban J connectivity index is 2.29. The zero-order valence-electron chi connectivity index (χ0n) is 9.73. The number of rotatable bonds is 7. The third-order valence-electron chi connectivity index (χ3n) is 2.30. The molecule has 90 valence electrons. The molecule has 0 radical (unpaired) electrons. The number of thiophene rings is 1. The molecule has 4 heteroatoms. The van der Waals surface area contributed by atoms with Crippen LogP contribution in [0.15, 0.2) is 12.1 Å². The van der Waals surface area contributed by atoms with Gasteiger partial charge in [0.1, 0.15) is 4.88 Å². The second-order valence-electron chi connectivity index (χ2n) is 3.98. The summed E-state index contributed by atoms with van der Waals surface area (Å²) in [6.07, 6.45) is 2.34. The van der Waals surface area contributed by atoms with Crippen LogP contribution in [0.25, 0.3) is 0 Å². The molecule has 1 unspecified atom stereocenters. The molecule has 0 aromatic carbocycles. The van der Waals surface area contributed by atoms with Crippen molar-refractivity contribution in [2.75, 3.05) is 6.61 Å². The van der Waals surface area contributed by atoms with E-state index in [1.165, 1.54) is 24.2 Å². The van der Waals surface area contributed by atoms with E-state index in [-0.39, 0.29) is 0 Å². The van der Waals surface area contributed by atoms with Crippen LogP contribution in [0.1, 0.15) is 41.2 Å². The lowest BCUT2D eigenvalue weighted by Gasteiger charge is -2.09. The highest BCUT2D eigenvalue weighted by Gasteiger charge is 2.07. The largest absolute Gasteiger partial charge is 0.477 e. The van der Waals surface area contributed by atoms with Gasteiger partial charge in [0.2, 0.25) is 0 Å². The van der Waals surface area contributed by atoms with Crippen LogP contribution < -0.4 is 0 Å². The minimum atomic E-state index is -0.865. The highest BCUT2D eigenvalue weighted by Crippen LogP contribution is 2.17. The Bertz CT molecular complexity index is 333. The summed E-state index contributed by atoms with van der Waals surface area (Å²) in [5, 5.41) is 8.75. The van der Waals surface area contributed by atoms with E-state index >= 15 is 0 Å². The summed E-state index contributed by atoms with van der Waals surface area (Å²) in [6, 6.07) is 3.44. The van der Waals surface area contributed by atoms with Gasteiger partial charge in [0.05, 0.1) is 6.61 Å². The summed E-state index contributed by atoms with van der Waals surface area (Å²) in [5.74, 6) is -0.292. The summed E-state index contributed by atoms with van der Waals surface area (Å²) in [4.78, 5) is 12.0. The maximum absolute atomic E-state index is 10.7. The first kappa shape index (κ1) is 13.2. The Morgan fingerprint density at radius 1 is 1.56 bits per heavy atom. The van der Waals surface area contributed by atoms with E-state index in [4.69, 9.17) is 9.84 Å². The molecule has 0 saturated carbocycles. The number of hydrogen-bond acceptors (Lipinski definition) is 3. The average Bonchev–Trinajstić information content (AvgIpc) is 2.67. The quantitative estimate of drug-likeness (QED) is 0.797. The van der Waals surface area contributed by atoms with Gasteiger partial charge >= 0.3 is 5.97 Å². The molecular weight excluding hydrogens is 224 g/mol. The minimum absolute atomic E-state index is 0.375. The van der Waals surface area contributed by atoms with Crippen molar-refractivity contribution >= 4 is 17.3 Å². The van der Waals surface area contributed by atoms with Gasteiger partial charge in [-0.2, -0.15) is 0 Å². The average molecular weight is 242 g/mol. The Kier molecular flexibility index (Phi) is 5.49. The molecule has 1 rings (SSSR count). The van der Waals surface area contributed by atoms with Crippen LogP contribution in [0.4, 0.5) is 0 Å². The molecule has 1 aromatic heterocycles. The van der Waals surface area contributed by atoms with Crippen LogP contribution in [0.3, 0.4) is 0 Å². The van der Waals surface area contributed by atoms with Crippen LogP contribution in [0.2, 0.25) is 0 Å². The van der Waals surface area contributed by atoms with Crippen LogP contribution in [-0.2, 0) is 11.3 Å². The van der Waals surface area contributed by atoms with E-state index in [1.807, 2.05) is 6.07 Å². The number of hydrogen-bond donors (Lipinski definition) is 1. The molecule has 1 heterocycles. The number of aromatic carboxylic acids is 1. The van der Waals surface area contributed by atoms with E-state index in [0.717, 1.165) is 11.5 Å². The smallest absolute Gasteiger partial charge is 0.345 e. The fourth-order valence-corrected chi connectivity index (χ4v) is 2.29. The zero-order chi connectivity index (χ0) is 12.0. The predicted octanol–water partition coefficient (Wildman–Crippen LogP) is 3.40. The monoisotopic (exact) mass is 242 g/mol. The fraction of sp³-hybridized carbons (Fsp3) is 0.583. The van der Waals surface area contributed by atoms with Crippen LogP contribution >= 0.6 is 11.3 Å². The second kappa shape index (κ2) is 6.66. The van der Waals surface area contributed by atoms with Crippen molar-refractivity contribution in [1.82, 2.24) is 0 Å². The van der Waals surface area contributed by atoms with E-state index in [2.05, 4.69) is 13.8 Å². The summed E-state index contributed by atoms with van der Waals surface area (Å²) >= 11 is 1.28. The van der Waals surface area contributed by atoms with Crippen molar-refractivity contribution in [3.63, 3.8) is 0 Å². The van der Waals surface area contributed by atoms with Crippen LogP contribution in [-0.4, -0.2) is 17.7 Å². The molecule has 0 saturated heterocycles. The van der Waals surface area contributed by atoms with Crippen molar-refractivity contribution in [2.45, 2.75) is 33.3 Å². The number of carbonyl (C=O) groups is 1. The first-order valence-electron chi connectivity index (χ1n) is 5.53. The number of carboxylic acid groups (broad SMARTS) is 1. The lowest BCUT2D eigenvalue weighted by atomic mass is 10.1. The summed E-state index contributed by atoms with van der Waals surface area (Å²) in [5.41, 5.74) is 0. The third-order valence-corrected chi connectivity index (χ3v) is 3.35. The van der Waals surface area contributed by atoms with Crippen molar-refractivity contribution in [3.8, 4) is 0 Å². The molecule has 3 nitrogen and oxygen atoms in total.